The molecule has 0 aromatic carbocycles. The summed E-state index contributed by atoms with van der Waals surface area (Å²) in [5, 5.41) is 3.42. The van der Waals surface area contributed by atoms with Crippen molar-refractivity contribution in [3.63, 3.8) is 0 Å². The van der Waals surface area contributed by atoms with Crippen LogP contribution in [0.2, 0.25) is 0 Å². The van der Waals surface area contributed by atoms with Crippen molar-refractivity contribution in [2.75, 3.05) is 5.75 Å². The zero-order chi connectivity index (χ0) is 17.3. The number of fused-ring (bicyclic) bond motifs is 1. The van der Waals surface area contributed by atoms with Gasteiger partial charge in [-0.1, -0.05) is 6.92 Å². The van der Waals surface area contributed by atoms with Gasteiger partial charge >= 0.3 is 0 Å². The van der Waals surface area contributed by atoms with Gasteiger partial charge in [0.2, 0.25) is 0 Å². The number of imidazole rings is 1. The fraction of sp³-hybridized carbons (Fsp3) is 0.200. The van der Waals surface area contributed by atoms with Crippen LogP contribution in [0.1, 0.15) is 12.5 Å². The van der Waals surface area contributed by atoms with Gasteiger partial charge in [0.15, 0.2) is 21.3 Å². The van der Waals surface area contributed by atoms with Gasteiger partial charge in [0.1, 0.15) is 11.2 Å². The van der Waals surface area contributed by atoms with Gasteiger partial charge in [0, 0.05) is 25.0 Å². The SMILES string of the molecule is CCS(=O)(=O)c1cc(/C=N/N)cnc1-c1nc2cccnc2n1C. The number of aryl methyl sites for hydroxylation is 1. The summed E-state index contributed by atoms with van der Waals surface area (Å²) >= 11 is 0. The van der Waals surface area contributed by atoms with Crippen LogP contribution in [0.4, 0.5) is 0 Å². The van der Waals surface area contributed by atoms with Crippen LogP contribution in [0.15, 0.2) is 40.6 Å². The lowest BCUT2D eigenvalue weighted by molar-refractivity contribution is 0.597. The molecule has 0 bridgehead atoms. The Kier molecular flexibility index (Phi) is 4.02. The number of aromatic nitrogens is 4. The van der Waals surface area contributed by atoms with Gasteiger partial charge in [-0.15, -0.1) is 0 Å². The highest BCUT2D eigenvalue weighted by atomic mass is 32.2. The van der Waals surface area contributed by atoms with E-state index in [0.29, 0.717) is 22.6 Å². The summed E-state index contributed by atoms with van der Waals surface area (Å²) < 4.78 is 26.7. The topological polar surface area (TPSA) is 116 Å². The Morgan fingerprint density at radius 3 is 2.83 bits per heavy atom. The van der Waals surface area contributed by atoms with Crippen LogP contribution in [0, 0.1) is 0 Å². The lowest BCUT2D eigenvalue weighted by Crippen LogP contribution is -2.09. The minimum absolute atomic E-state index is 0.0485. The molecule has 0 radical (unpaired) electrons. The average molecular weight is 344 g/mol. The summed E-state index contributed by atoms with van der Waals surface area (Å²) in [4.78, 5) is 13.2. The molecule has 3 heterocycles. The van der Waals surface area contributed by atoms with E-state index in [4.69, 9.17) is 5.84 Å². The number of hydrogen-bond donors (Lipinski definition) is 1. The fourth-order valence-corrected chi connectivity index (χ4v) is 3.48. The monoisotopic (exact) mass is 344 g/mol. The second kappa shape index (κ2) is 6.00. The molecule has 0 atom stereocenters. The Bertz CT molecular complexity index is 1040. The maximum Gasteiger partial charge on any atom is 0.180 e. The molecule has 2 N–H and O–H groups in total. The van der Waals surface area contributed by atoms with Crippen LogP contribution in [0.3, 0.4) is 0 Å². The highest BCUT2D eigenvalue weighted by Gasteiger charge is 2.23. The van der Waals surface area contributed by atoms with E-state index in [0.717, 1.165) is 0 Å². The van der Waals surface area contributed by atoms with E-state index in [1.165, 1.54) is 18.5 Å². The lowest BCUT2D eigenvalue weighted by Gasteiger charge is -2.09. The molecule has 0 amide bonds. The number of pyridine rings is 2. The molecule has 0 aliphatic rings. The average Bonchev–Trinajstić information content (AvgIpc) is 2.92. The van der Waals surface area contributed by atoms with Gasteiger partial charge in [0.05, 0.1) is 16.9 Å². The number of hydrogen-bond acceptors (Lipinski definition) is 7. The van der Waals surface area contributed by atoms with Crippen molar-refractivity contribution in [2.45, 2.75) is 11.8 Å². The van der Waals surface area contributed by atoms with Crippen LogP contribution < -0.4 is 5.84 Å². The molecule has 3 aromatic heterocycles. The third-order valence-electron chi connectivity index (χ3n) is 3.65. The number of nitrogens with zero attached hydrogens (tertiary/aromatic N) is 5. The van der Waals surface area contributed by atoms with E-state index in [9.17, 15) is 8.42 Å². The minimum Gasteiger partial charge on any atom is -0.323 e. The van der Waals surface area contributed by atoms with Crippen molar-refractivity contribution >= 4 is 27.2 Å². The van der Waals surface area contributed by atoms with Crippen molar-refractivity contribution in [3.05, 3.63) is 36.2 Å². The predicted octanol–water partition coefficient (Wildman–Crippen LogP) is 1.12. The molecular weight excluding hydrogens is 328 g/mol. The van der Waals surface area contributed by atoms with Crippen molar-refractivity contribution in [3.8, 4) is 11.5 Å². The molecular formula is C15H16N6O2S. The Morgan fingerprint density at radius 1 is 1.38 bits per heavy atom. The zero-order valence-electron chi connectivity index (χ0n) is 13.2. The molecule has 0 aliphatic carbocycles. The van der Waals surface area contributed by atoms with Gasteiger partial charge in [-0.3, -0.25) is 4.98 Å². The molecule has 0 saturated heterocycles. The van der Waals surface area contributed by atoms with E-state index < -0.39 is 9.84 Å². The van der Waals surface area contributed by atoms with Crippen LogP contribution in [-0.2, 0) is 16.9 Å². The maximum atomic E-state index is 12.5. The highest BCUT2D eigenvalue weighted by Crippen LogP contribution is 2.28. The summed E-state index contributed by atoms with van der Waals surface area (Å²) in [6.45, 7) is 1.58. The standard InChI is InChI=1S/C15H16N6O2S/c1-3-24(22,23)12-7-10(9-19-16)8-18-13(12)15-20-11-5-4-6-17-14(11)21(15)2/h4-9H,3,16H2,1-2H3/b19-9+. The number of rotatable bonds is 4. The third kappa shape index (κ3) is 2.62. The molecule has 24 heavy (non-hydrogen) atoms. The van der Waals surface area contributed by atoms with Crippen LogP contribution >= 0.6 is 0 Å². The van der Waals surface area contributed by atoms with Gasteiger partial charge in [-0.05, 0) is 18.2 Å². The van der Waals surface area contributed by atoms with Crippen molar-refractivity contribution in [2.24, 2.45) is 18.0 Å². The molecule has 0 aliphatic heterocycles. The number of nitrogens with two attached hydrogens (primary N) is 1. The Morgan fingerprint density at radius 2 is 2.17 bits per heavy atom. The number of sulfone groups is 1. The molecule has 0 saturated carbocycles. The normalized spacial score (nSPS) is 12.2. The summed E-state index contributed by atoms with van der Waals surface area (Å²) in [5.74, 6) is 5.53. The summed E-state index contributed by atoms with van der Waals surface area (Å²) in [6, 6.07) is 5.09. The first-order chi connectivity index (χ1) is 11.5. The van der Waals surface area contributed by atoms with E-state index in [-0.39, 0.29) is 16.3 Å². The maximum absolute atomic E-state index is 12.5. The smallest absolute Gasteiger partial charge is 0.180 e. The first-order valence-electron chi connectivity index (χ1n) is 7.21. The van der Waals surface area contributed by atoms with Crippen LogP contribution in [0.5, 0.6) is 0 Å². The van der Waals surface area contributed by atoms with Gasteiger partial charge in [0.25, 0.3) is 0 Å². The van der Waals surface area contributed by atoms with Crippen molar-refractivity contribution < 1.29 is 8.42 Å². The van der Waals surface area contributed by atoms with Gasteiger partial charge in [-0.2, -0.15) is 5.10 Å². The van der Waals surface area contributed by atoms with Crippen molar-refractivity contribution in [1.29, 1.82) is 0 Å². The number of hydrazone groups is 1. The third-order valence-corrected chi connectivity index (χ3v) is 5.39. The van der Waals surface area contributed by atoms with Gasteiger partial charge < -0.3 is 10.4 Å². The van der Waals surface area contributed by atoms with Crippen LogP contribution in [0.25, 0.3) is 22.7 Å². The van der Waals surface area contributed by atoms with Gasteiger partial charge in [-0.25, -0.2) is 18.4 Å². The van der Waals surface area contributed by atoms with Crippen LogP contribution in [-0.4, -0.2) is 39.9 Å². The quantitative estimate of drug-likeness (QED) is 0.431. The summed E-state index contributed by atoms with van der Waals surface area (Å²) in [6.07, 6.45) is 4.51. The molecule has 0 spiro atoms. The summed E-state index contributed by atoms with van der Waals surface area (Å²) in [7, 11) is -1.74. The molecule has 9 heteroatoms. The molecule has 3 rings (SSSR count). The van der Waals surface area contributed by atoms with E-state index in [2.05, 4.69) is 20.1 Å². The predicted molar refractivity (Wildman–Crippen MR) is 91.2 cm³/mol. The first-order valence-corrected chi connectivity index (χ1v) is 8.87. The second-order valence-electron chi connectivity index (χ2n) is 5.14. The van der Waals surface area contributed by atoms with Crippen molar-refractivity contribution in [1.82, 2.24) is 19.5 Å². The Balaban J connectivity index is 2.32. The first kappa shape index (κ1) is 16.1. The molecule has 0 unspecified atom stereocenters. The van der Waals surface area contributed by atoms with E-state index in [1.807, 2.05) is 6.07 Å². The summed E-state index contributed by atoms with van der Waals surface area (Å²) in [5.41, 5.74) is 2.11. The molecule has 8 nitrogen and oxygen atoms in total. The minimum atomic E-state index is -3.51. The zero-order valence-corrected chi connectivity index (χ0v) is 14.0. The van der Waals surface area contributed by atoms with E-state index >= 15 is 0 Å². The lowest BCUT2D eigenvalue weighted by atomic mass is 10.2. The second-order valence-corrected chi connectivity index (χ2v) is 7.38. The Labute approximate surface area is 139 Å². The molecule has 0 fully saturated rings. The Hall–Kier alpha value is -2.81. The molecule has 124 valence electrons. The largest absolute Gasteiger partial charge is 0.323 e. The van der Waals surface area contributed by atoms with E-state index in [1.54, 1.807) is 30.8 Å². The molecule has 3 aromatic rings. The fourth-order valence-electron chi connectivity index (χ4n) is 2.41. The highest BCUT2D eigenvalue weighted by molar-refractivity contribution is 7.91.